The molecule has 1 saturated heterocycles. The maximum Gasteiger partial charge on any atom is 0.311 e. The molecular formula is C15H20BrNO4. The zero-order chi connectivity index (χ0) is 15.5. The van der Waals surface area contributed by atoms with E-state index >= 15 is 0 Å². The van der Waals surface area contributed by atoms with Gasteiger partial charge in [0.25, 0.3) is 0 Å². The van der Waals surface area contributed by atoms with Gasteiger partial charge in [-0.1, -0.05) is 22.0 Å². The van der Waals surface area contributed by atoms with E-state index in [1.807, 2.05) is 19.9 Å². The Bertz CT molecular complexity index is 527. The number of benzene rings is 1. The molecule has 0 radical (unpaired) electrons. The number of alkyl halides is 1. The van der Waals surface area contributed by atoms with Crippen molar-refractivity contribution in [3.8, 4) is 5.75 Å². The SMILES string of the molecule is Cc1cc(C)c(OCC2(CBr)CCOCC2)c([N+](=O)[O-])c1. The zero-order valence-electron chi connectivity index (χ0n) is 12.4. The number of nitrogens with zero attached hydrogens (tertiary/aromatic N) is 1. The van der Waals surface area contributed by atoms with Crippen LogP contribution < -0.4 is 4.74 Å². The van der Waals surface area contributed by atoms with Crippen LogP contribution in [0.15, 0.2) is 12.1 Å². The summed E-state index contributed by atoms with van der Waals surface area (Å²) in [5, 5.41) is 12.0. The number of hydrogen-bond acceptors (Lipinski definition) is 4. The van der Waals surface area contributed by atoms with Crippen LogP contribution in [0.1, 0.15) is 24.0 Å². The molecule has 0 spiro atoms. The van der Waals surface area contributed by atoms with Crippen LogP contribution in [0.3, 0.4) is 0 Å². The number of nitro benzene ring substituents is 1. The van der Waals surface area contributed by atoms with Gasteiger partial charge >= 0.3 is 5.69 Å². The van der Waals surface area contributed by atoms with E-state index in [9.17, 15) is 10.1 Å². The maximum absolute atomic E-state index is 11.2. The molecule has 1 fully saturated rings. The van der Waals surface area contributed by atoms with Gasteiger partial charge in [0, 0.05) is 30.0 Å². The van der Waals surface area contributed by atoms with E-state index in [4.69, 9.17) is 9.47 Å². The summed E-state index contributed by atoms with van der Waals surface area (Å²) in [5.74, 6) is 0.386. The van der Waals surface area contributed by atoms with Crippen molar-refractivity contribution in [3.05, 3.63) is 33.4 Å². The van der Waals surface area contributed by atoms with E-state index in [1.165, 1.54) is 0 Å². The van der Waals surface area contributed by atoms with Crippen LogP contribution >= 0.6 is 15.9 Å². The van der Waals surface area contributed by atoms with Crippen LogP contribution in [0.4, 0.5) is 5.69 Å². The molecule has 1 aromatic rings. The standard InChI is InChI=1S/C15H20BrNO4/c1-11-7-12(2)14(13(8-11)17(18)19)21-10-15(9-16)3-5-20-6-4-15/h7-8H,3-6,9-10H2,1-2H3. The quantitative estimate of drug-likeness (QED) is 0.457. The third-order valence-electron chi connectivity index (χ3n) is 3.96. The molecule has 0 unspecified atom stereocenters. The summed E-state index contributed by atoms with van der Waals surface area (Å²) in [4.78, 5) is 10.8. The van der Waals surface area contributed by atoms with E-state index in [-0.39, 0.29) is 16.0 Å². The van der Waals surface area contributed by atoms with Crippen LogP contribution in [0.25, 0.3) is 0 Å². The molecule has 1 aromatic carbocycles. The summed E-state index contributed by atoms with van der Waals surface area (Å²) in [5.41, 5.74) is 1.71. The highest BCUT2D eigenvalue weighted by Gasteiger charge is 2.33. The Hall–Kier alpha value is -1.14. The molecule has 21 heavy (non-hydrogen) atoms. The fraction of sp³-hybridized carbons (Fsp3) is 0.600. The first-order valence-electron chi connectivity index (χ1n) is 7.00. The van der Waals surface area contributed by atoms with Gasteiger partial charge in [0.2, 0.25) is 0 Å². The molecule has 0 atom stereocenters. The molecule has 116 valence electrons. The van der Waals surface area contributed by atoms with Crippen molar-refractivity contribution in [1.82, 2.24) is 0 Å². The van der Waals surface area contributed by atoms with Gasteiger partial charge in [-0.15, -0.1) is 0 Å². The van der Waals surface area contributed by atoms with E-state index in [0.29, 0.717) is 25.6 Å². The molecular weight excluding hydrogens is 338 g/mol. The number of hydrogen-bond donors (Lipinski definition) is 0. The fourth-order valence-electron chi connectivity index (χ4n) is 2.60. The highest BCUT2D eigenvalue weighted by atomic mass is 79.9. The Balaban J connectivity index is 2.21. The first-order chi connectivity index (χ1) is 9.97. The highest BCUT2D eigenvalue weighted by Crippen LogP contribution is 2.37. The Morgan fingerprint density at radius 3 is 2.62 bits per heavy atom. The minimum absolute atomic E-state index is 0.0105. The molecule has 0 N–H and O–H groups in total. The molecule has 1 heterocycles. The number of aryl methyl sites for hydroxylation is 2. The lowest BCUT2D eigenvalue weighted by atomic mass is 9.83. The minimum atomic E-state index is -0.375. The first kappa shape index (κ1) is 16.2. The second-order valence-corrected chi connectivity index (χ2v) is 6.28. The topological polar surface area (TPSA) is 61.6 Å². The molecule has 1 aliphatic rings. The molecule has 5 nitrogen and oxygen atoms in total. The van der Waals surface area contributed by atoms with Gasteiger partial charge in [-0.05, 0) is 37.8 Å². The van der Waals surface area contributed by atoms with E-state index in [2.05, 4.69) is 15.9 Å². The van der Waals surface area contributed by atoms with Gasteiger partial charge in [-0.25, -0.2) is 0 Å². The molecule has 0 aliphatic carbocycles. The normalized spacial score (nSPS) is 17.5. The highest BCUT2D eigenvalue weighted by molar-refractivity contribution is 9.09. The third-order valence-corrected chi connectivity index (χ3v) is 5.15. The van der Waals surface area contributed by atoms with Gasteiger partial charge in [0.1, 0.15) is 0 Å². The fourth-order valence-corrected chi connectivity index (χ4v) is 3.32. The second kappa shape index (κ2) is 6.75. The minimum Gasteiger partial charge on any atom is -0.486 e. The van der Waals surface area contributed by atoms with Crippen molar-refractivity contribution in [2.75, 3.05) is 25.2 Å². The monoisotopic (exact) mass is 357 g/mol. The van der Waals surface area contributed by atoms with Crippen LogP contribution in [0.2, 0.25) is 0 Å². The largest absolute Gasteiger partial charge is 0.486 e. The van der Waals surface area contributed by atoms with Crippen LogP contribution in [-0.2, 0) is 4.74 Å². The van der Waals surface area contributed by atoms with Crippen molar-refractivity contribution in [2.45, 2.75) is 26.7 Å². The molecule has 2 rings (SSSR count). The Morgan fingerprint density at radius 1 is 1.38 bits per heavy atom. The number of halogens is 1. The second-order valence-electron chi connectivity index (χ2n) is 5.72. The summed E-state index contributed by atoms with van der Waals surface area (Å²) < 4.78 is 11.3. The van der Waals surface area contributed by atoms with E-state index in [1.54, 1.807) is 6.07 Å². The number of rotatable bonds is 5. The zero-order valence-corrected chi connectivity index (χ0v) is 13.9. The molecule has 6 heteroatoms. The van der Waals surface area contributed by atoms with Gasteiger partial charge < -0.3 is 9.47 Å². The summed E-state index contributed by atoms with van der Waals surface area (Å²) in [6.07, 6.45) is 1.80. The Morgan fingerprint density at radius 2 is 2.05 bits per heavy atom. The summed E-state index contributed by atoms with van der Waals surface area (Å²) >= 11 is 3.55. The van der Waals surface area contributed by atoms with Crippen LogP contribution in [0.5, 0.6) is 5.75 Å². The number of nitro groups is 1. The molecule has 0 amide bonds. The van der Waals surface area contributed by atoms with E-state index in [0.717, 1.165) is 29.3 Å². The molecule has 0 aromatic heterocycles. The average Bonchev–Trinajstić information content (AvgIpc) is 2.46. The van der Waals surface area contributed by atoms with Crippen molar-refractivity contribution >= 4 is 21.6 Å². The van der Waals surface area contributed by atoms with Crippen molar-refractivity contribution < 1.29 is 14.4 Å². The maximum atomic E-state index is 11.2. The van der Waals surface area contributed by atoms with Gasteiger partial charge in [-0.3, -0.25) is 10.1 Å². The van der Waals surface area contributed by atoms with Crippen LogP contribution in [-0.4, -0.2) is 30.1 Å². The number of ether oxygens (including phenoxy) is 2. The third kappa shape index (κ3) is 3.74. The smallest absolute Gasteiger partial charge is 0.311 e. The summed E-state index contributed by atoms with van der Waals surface area (Å²) in [7, 11) is 0. The Kier molecular flexibility index (Phi) is 5.22. The van der Waals surface area contributed by atoms with Gasteiger partial charge in [0.05, 0.1) is 11.5 Å². The van der Waals surface area contributed by atoms with Crippen molar-refractivity contribution in [3.63, 3.8) is 0 Å². The van der Waals surface area contributed by atoms with Crippen molar-refractivity contribution in [2.24, 2.45) is 5.41 Å². The van der Waals surface area contributed by atoms with Crippen LogP contribution in [0, 0.1) is 29.4 Å². The van der Waals surface area contributed by atoms with Gasteiger partial charge in [-0.2, -0.15) is 0 Å². The van der Waals surface area contributed by atoms with Gasteiger partial charge in [0.15, 0.2) is 5.75 Å². The molecule has 1 aliphatic heterocycles. The lowest BCUT2D eigenvalue weighted by Crippen LogP contribution is -2.36. The Labute approximate surface area is 132 Å². The molecule has 0 saturated carbocycles. The summed E-state index contributed by atoms with van der Waals surface area (Å²) in [6, 6.07) is 3.47. The summed E-state index contributed by atoms with van der Waals surface area (Å²) in [6.45, 7) is 5.59. The van der Waals surface area contributed by atoms with Crippen molar-refractivity contribution in [1.29, 1.82) is 0 Å². The average molecular weight is 358 g/mol. The van der Waals surface area contributed by atoms with E-state index < -0.39 is 0 Å². The molecule has 0 bridgehead atoms. The lowest BCUT2D eigenvalue weighted by molar-refractivity contribution is -0.386. The first-order valence-corrected chi connectivity index (χ1v) is 8.12. The lowest BCUT2D eigenvalue weighted by Gasteiger charge is -2.35. The predicted octanol–water partition coefficient (Wildman–Crippen LogP) is 3.78. The predicted molar refractivity (Wildman–Crippen MR) is 84.3 cm³/mol.